The maximum atomic E-state index is 13.6. The van der Waals surface area contributed by atoms with E-state index in [-0.39, 0.29) is 17.9 Å². The van der Waals surface area contributed by atoms with Gasteiger partial charge in [0.15, 0.2) is 0 Å². The molecule has 2 N–H and O–H groups in total. The molecule has 0 spiro atoms. The molecule has 7 heteroatoms. The van der Waals surface area contributed by atoms with Crippen LogP contribution in [0.15, 0.2) is 78.9 Å². The van der Waals surface area contributed by atoms with Crippen LogP contribution in [0.2, 0.25) is 0 Å². The zero-order valence-corrected chi connectivity index (χ0v) is 26.1. The minimum atomic E-state index is -1.33. The third-order valence-corrected chi connectivity index (χ3v) is 7.73. The van der Waals surface area contributed by atoms with Crippen molar-refractivity contribution in [3.8, 4) is 17.0 Å². The first-order valence-corrected chi connectivity index (χ1v) is 14.9. The Bertz CT molecular complexity index is 1550. The maximum Gasteiger partial charge on any atom is 0.347 e. The number of amides is 1. The Labute approximate surface area is 254 Å². The second kappa shape index (κ2) is 13.3. The SMILES string of the molecule is CCCC(C)(Oc1cc(CNC(=O)c2cc(-c3ccc(C(C)(C)C)cc3)nn2CCc2ccccc2)ccc1C)C(=O)O. The molecule has 7 nitrogen and oxygen atoms in total. The molecule has 1 unspecified atom stereocenters. The molecule has 0 aliphatic carbocycles. The Morgan fingerprint density at radius 2 is 1.63 bits per heavy atom. The van der Waals surface area contributed by atoms with Crippen molar-refractivity contribution in [2.24, 2.45) is 0 Å². The van der Waals surface area contributed by atoms with Gasteiger partial charge in [0.2, 0.25) is 5.60 Å². The zero-order chi connectivity index (χ0) is 31.2. The summed E-state index contributed by atoms with van der Waals surface area (Å²) in [6.45, 7) is 12.8. The van der Waals surface area contributed by atoms with Crippen molar-refractivity contribution in [1.29, 1.82) is 0 Å². The molecule has 43 heavy (non-hydrogen) atoms. The van der Waals surface area contributed by atoms with E-state index in [1.165, 1.54) is 11.1 Å². The summed E-state index contributed by atoms with van der Waals surface area (Å²) in [6, 6.07) is 25.9. The summed E-state index contributed by atoms with van der Waals surface area (Å²) >= 11 is 0. The molecule has 0 aliphatic rings. The van der Waals surface area contributed by atoms with Crippen LogP contribution in [0.3, 0.4) is 0 Å². The number of aliphatic carboxylic acids is 1. The van der Waals surface area contributed by atoms with Crippen LogP contribution < -0.4 is 10.1 Å². The van der Waals surface area contributed by atoms with E-state index in [0.29, 0.717) is 30.8 Å². The monoisotopic (exact) mass is 581 g/mol. The highest BCUT2D eigenvalue weighted by atomic mass is 16.5. The Morgan fingerprint density at radius 3 is 2.26 bits per heavy atom. The number of aryl methyl sites for hydroxylation is 3. The van der Waals surface area contributed by atoms with Gasteiger partial charge < -0.3 is 15.2 Å². The highest BCUT2D eigenvalue weighted by Crippen LogP contribution is 2.28. The minimum absolute atomic E-state index is 0.0434. The number of hydrogen-bond donors (Lipinski definition) is 2. The summed E-state index contributed by atoms with van der Waals surface area (Å²) < 4.78 is 7.79. The number of aromatic nitrogens is 2. The Kier molecular flexibility index (Phi) is 9.74. The lowest BCUT2D eigenvalue weighted by Gasteiger charge is -2.27. The molecule has 0 bridgehead atoms. The predicted octanol–water partition coefficient (Wildman–Crippen LogP) is 7.35. The molecular formula is C36H43N3O4. The number of hydrogen-bond acceptors (Lipinski definition) is 4. The normalized spacial score (nSPS) is 12.9. The van der Waals surface area contributed by atoms with Gasteiger partial charge >= 0.3 is 5.97 Å². The van der Waals surface area contributed by atoms with E-state index in [1.54, 1.807) is 17.7 Å². The van der Waals surface area contributed by atoms with Gasteiger partial charge in [0.05, 0.1) is 5.69 Å². The van der Waals surface area contributed by atoms with E-state index >= 15 is 0 Å². The van der Waals surface area contributed by atoms with Crippen molar-refractivity contribution >= 4 is 11.9 Å². The van der Waals surface area contributed by atoms with Crippen LogP contribution in [-0.2, 0) is 29.7 Å². The summed E-state index contributed by atoms with van der Waals surface area (Å²) in [5, 5.41) is 17.6. The molecular weight excluding hydrogens is 538 g/mol. The lowest BCUT2D eigenvalue weighted by Crippen LogP contribution is -2.41. The lowest BCUT2D eigenvalue weighted by atomic mass is 9.86. The quantitative estimate of drug-likeness (QED) is 0.182. The summed E-state index contributed by atoms with van der Waals surface area (Å²) in [5.41, 5.74) is 4.95. The number of carbonyl (C=O) groups excluding carboxylic acids is 1. The van der Waals surface area contributed by atoms with Crippen molar-refractivity contribution < 1.29 is 19.4 Å². The Hall–Kier alpha value is -4.39. The van der Waals surface area contributed by atoms with Crippen LogP contribution in [-0.4, -0.2) is 32.4 Å². The zero-order valence-electron chi connectivity index (χ0n) is 26.1. The molecule has 3 aromatic carbocycles. The number of rotatable bonds is 12. The first kappa shape index (κ1) is 31.5. The number of nitrogens with one attached hydrogen (secondary N) is 1. The maximum absolute atomic E-state index is 13.6. The molecule has 0 aliphatic heterocycles. The number of benzene rings is 3. The molecule has 0 radical (unpaired) electrons. The molecule has 1 atom stereocenters. The van der Waals surface area contributed by atoms with E-state index in [4.69, 9.17) is 9.84 Å². The minimum Gasteiger partial charge on any atom is -0.478 e. The van der Waals surface area contributed by atoms with Crippen LogP contribution in [0.25, 0.3) is 11.3 Å². The fraction of sp³-hybridized carbons (Fsp3) is 0.361. The number of carboxylic acid groups (broad SMARTS) is 1. The molecule has 1 heterocycles. The number of carboxylic acids is 1. The highest BCUT2D eigenvalue weighted by Gasteiger charge is 2.35. The molecule has 1 aromatic heterocycles. The molecule has 4 rings (SSSR count). The van der Waals surface area contributed by atoms with Gasteiger partial charge in [0, 0.05) is 18.7 Å². The molecule has 226 valence electrons. The Morgan fingerprint density at radius 1 is 0.930 bits per heavy atom. The fourth-order valence-electron chi connectivity index (χ4n) is 4.99. The number of carbonyl (C=O) groups is 2. The summed E-state index contributed by atoms with van der Waals surface area (Å²) in [7, 11) is 0. The second-order valence-electron chi connectivity index (χ2n) is 12.4. The van der Waals surface area contributed by atoms with E-state index in [0.717, 1.165) is 28.8 Å². The van der Waals surface area contributed by atoms with Crippen LogP contribution in [0.5, 0.6) is 5.75 Å². The topological polar surface area (TPSA) is 93.5 Å². The molecule has 1 amide bonds. The van der Waals surface area contributed by atoms with Crippen molar-refractivity contribution in [2.75, 3.05) is 0 Å². The van der Waals surface area contributed by atoms with Gasteiger partial charge in [-0.2, -0.15) is 5.10 Å². The third kappa shape index (κ3) is 7.92. The molecule has 0 saturated heterocycles. The number of nitrogens with zero attached hydrogens (tertiary/aromatic N) is 2. The van der Waals surface area contributed by atoms with Gasteiger partial charge in [0.1, 0.15) is 11.4 Å². The average molecular weight is 582 g/mol. The van der Waals surface area contributed by atoms with E-state index in [9.17, 15) is 14.7 Å². The van der Waals surface area contributed by atoms with E-state index in [1.807, 2.05) is 50.2 Å². The molecule has 0 saturated carbocycles. The summed E-state index contributed by atoms with van der Waals surface area (Å²) in [4.78, 5) is 25.5. The van der Waals surface area contributed by atoms with Crippen LogP contribution in [0.4, 0.5) is 0 Å². The molecule has 0 fully saturated rings. The van der Waals surface area contributed by atoms with Gasteiger partial charge in [-0.15, -0.1) is 0 Å². The van der Waals surface area contributed by atoms with E-state index < -0.39 is 11.6 Å². The Balaban J connectivity index is 1.56. The second-order valence-corrected chi connectivity index (χ2v) is 12.4. The van der Waals surface area contributed by atoms with Crippen molar-refractivity contribution in [3.05, 3.63) is 107 Å². The van der Waals surface area contributed by atoms with E-state index in [2.05, 4.69) is 62.5 Å². The standard InChI is InChI=1S/C36H43N3O4/c1-7-20-36(6,34(41)42)43-32-22-27(14-13-25(32)2)24-37-33(40)31-23-30(28-15-17-29(18-16-28)35(3,4)5)38-39(31)21-19-26-11-9-8-10-12-26/h8-18,22-23H,7,19-21,24H2,1-6H3,(H,37,40)(H,41,42). The van der Waals surface area contributed by atoms with Gasteiger partial charge in [0.25, 0.3) is 5.91 Å². The van der Waals surface area contributed by atoms with Gasteiger partial charge in [-0.1, -0.05) is 101 Å². The van der Waals surface area contributed by atoms with Crippen molar-refractivity contribution in [3.63, 3.8) is 0 Å². The van der Waals surface area contributed by atoms with Crippen LogP contribution in [0, 0.1) is 6.92 Å². The van der Waals surface area contributed by atoms with Crippen molar-refractivity contribution in [2.45, 2.75) is 84.9 Å². The third-order valence-electron chi connectivity index (χ3n) is 7.73. The fourth-order valence-corrected chi connectivity index (χ4v) is 4.99. The van der Waals surface area contributed by atoms with Crippen LogP contribution in [0.1, 0.15) is 80.2 Å². The largest absolute Gasteiger partial charge is 0.478 e. The first-order valence-electron chi connectivity index (χ1n) is 14.9. The molecule has 4 aromatic rings. The van der Waals surface area contributed by atoms with Crippen molar-refractivity contribution in [1.82, 2.24) is 15.1 Å². The van der Waals surface area contributed by atoms with Gasteiger partial charge in [-0.3, -0.25) is 9.48 Å². The summed E-state index contributed by atoms with van der Waals surface area (Å²) in [5.74, 6) is -0.735. The smallest absolute Gasteiger partial charge is 0.347 e. The van der Waals surface area contributed by atoms with Gasteiger partial charge in [-0.25, -0.2) is 4.79 Å². The highest BCUT2D eigenvalue weighted by molar-refractivity contribution is 5.93. The predicted molar refractivity (Wildman–Crippen MR) is 170 cm³/mol. The first-order chi connectivity index (χ1) is 20.4. The lowest BCUT2D eigenvalue weighted by molar-refractivity contribution is -0.154. The summed E-state index contributed by atoms with van der Waals surface area (Å²) in [6.07, 6.45) is 1.80. The van der Waals surface area contributed by atoms with Crippen LogP contribution >= 0.6 is 0 Å². The number of ether oxygens (including phenoxy) is 1. The average Bonchev–Trinajstić information content (AvgIpc) is 3.41. The van der Waals surface area contributed by atoms with Gasteiger partial charge in [-0.05, 0) is 66.5 Å².